The van der Waals surface area contributed by atoms with Crippen LogP contribution in [0, 0.1) is 0 Å². The number of rotatable bonds is 9. The number of carbonyl (C=O) groups excluding carboxylic acids is 2. The molecule has 0 aliphatic carbocycles. The van der Waals surface area contributed by atoms with Crippen molar-refractivity contribution in [1.82, 2.24) is 16.2 Å². The van der Waals surface area contributed by atoms with Gasteiger partial charge in [-0.3, -0.25) is 25.8 Å². The molecule has 35 heavy (non-hydrogen) atoms. The van der Waals surface area contributed by atoms with Gasteiger partial charge in [0, 0.05) is 10.0 Å². The van der Waals surface area contributed by atoms with Gasteiger partial charge in [-0.25, -0.2) is 0 Å². The zero-order valence-corrected chi connectivity index (χ0v) is 22.2. The molecule has 0 unspecified atom stereocenters. The lowest BCUT2D eigenvalue weighted by atomic mass is 10.2. The van der Waals surface area contributed by atoms with Gasteiger partial charge < -0.3 is 14.2 Å². The first-order chi connectivity index (χ1) is 16.9. The number of carbonyl (C=O) groups is 2. The zero-order valence-electron chi connectivity index (χ0n) is 18.3. The van der Waals surface area contributed by atoms with E-state index in [1.165, 1.54) is 0 Å². The summed E-state index contributed by atoms with van der Waals surface area (Å²) in [4.78, 5) is 24.3. The van der Waals surface area contributed by atoms with E-state index in [0.29, 0.717) is 34.7 Å². The number of benzene rings is 3. The van der Waals surface area contributed by atoms with Crippen LogP contribution >= 0.6 is 44.1 Å². The molecule has 0 saturated carbocycles. The highest BCUT2D eigenvalue weighted by atomic mass is 79.9. The Balaban J connectivity index is 1.34. The Hall–Kier alpha value is -3.15. The average molecular weight is 623 g/mol. The van der Waals surface area contributed by atoms with Crippen LogP contribution in [0.3, 0.4) is 0 Å². The SMILES string of the molecule is O=C(COc1ccc(Br)cc1Br)NNC(=S)NC(=O)c1ccc(OCCOc2ccccc2)cc1. The predicted molar refractivity (Wildman–Crippen MR) is 143 cm³/mol. The number of amides is 2. The van der Waals surface area contributed by atoms with E-state index < -0.39 is 11.8 Å². The summed E-state index contributed by atoms with van der Waals surface area (Å²) >= 11 is 11.7. The minimum atomic E-state index is -0.478. The molecule has 0 fully saturated rings. The van der Waals surface area contributed by atoms with Gasteiger partial charge in [0.2, 0.25) is 0 Å². The number of thiocarbonyl (C=S) groups is 1. The molecule has 0 radical (unpaired) electrons. The van der Waals surface area contributed by atoms with Crippen molar-refractivity contribution >= 4 is 61.0 Å². The highest BCUT2D eigenvalue weighted by Gasteiger charge is 2.10. The summed E-state index contributed by atoms with van der Waals surface area (Å²) in [6.07, 6.45) is 0. The number of hydrazine groups is 1. The van der Waals surface area contributed by atoms with E-state index in [4.69, 9.17) is 26.4 Å². The number of halogens is 2. The summed E-state index contributed by atoms with van der Waals surface area (Å²) in [6.45, 7) is 0.502. The van der Waals surface area contributed by atoms with Gasteiger partial charge in [-0.1, -0.05) is 34.1 Å². The van der Waals surface area contributed by atoms with Crippen LogP contribution in [-0.2, 0) is 4.79 Å². The summed E-state index contributed by atoms with van der Waals surface area (Å²) < 4.78 is 18.2. The minimum Gasteiger partial charge on any atom is -0.490 e. The third-order valence-electron chi connectivity index (χ3n) is 4.28. The third-order valence-corrected chi connectivity index (χ3v) is 5.59. The summed E-state index contributed by atoms with van der Waals surface area (Å²) in [6, 6.07) is 21.3. The molecule has 2 amide bonds. The molecule has 3 aromatic rings. The van der Waals surface area contributed by atoms with Crippen LogP contribution in [0.2, 0.25) is 0 Å². The Morgan fingerprint density at radius 2 is 1.46 bits per heavy atom. The van der Waals surface area contributed by atoms with E-state index in [2.05, 4.69) is 48.0 Å². The third kappa shape index (κ3) is 9.19. The monoisotopic (exact) mass is 621 g/mol. The van der Waals surface area contributed by atoms with Crippen LogP contribution in [0.15, 0.2) is 81.7 Å². The molecular formula is C24H21Br2N3O5S. The van der Waals surface area contributed by atoms with E-state index in [1.54, 1.807) is 42.5 Å². The number of hydrogen-bond acceptors (Lipinski definition) is 6. The maximum atomic E-state index is 12.4. The van der Waals surface area contributed by atoms with Crippen molar-refractivity contribution in [3.63, 3.8) is 0 Å². The van der Waals surface area contributed by atoms with Crippen molar-refractivity contribution in [2.45, 2.75) is 0 Å². The van der Waals surface area contributed by atoms with Crippen LogP contribution in [-0.4, -0.2) is 36.7 Å². The van der Waals surface area contributed by atoms with Gasteiger partial charge >= 0.3 is 0 Å². The second kappa shape index (κ2) is 13.7. The first-order valence-electron chi connectivity index (χ1n) is 10.3. The maximum Gasteiger partial charge on any atom is 0.276 e. The highest BCUT2D eigenvalue weighted by molar-refractivity contribution is 9.11. The molecule has 3 N–H and O–H groups in total. The van der Waals surface area contributed by atoms with Crippen molar-refractivity contribution in [1.29, 1.82) is 0 Å². The lowest BCUT2D eigenvalue weighted by Crippen LogP contribution is -2.49. The molecule has 0 spiro atoms. The first kappa shape index (κ1) is 26.5. The Bertz CT molecular complexity index is 1160. The molecule has 8 nitrogen and oxygen atoms in total. The fraction of sp³-hybridized carbons (Fsp3) is 0.125. The fourth-order valence-electron chi connectivity index (χ4n) is 2.64. The van der Waals surface area contributed by atoms with Gasteiger partial charge in [0.15, 0.2) is 11.7 Å². The van der Waals surface area contributed by atoms with Gasteiger partial charge in [-0.05, 0) is 82.7 Å². The Morgan fingerprint density at radius 1 is 0.800 bits per heavy atom. The number of para-hydroxylation sites is 1. The van der Waals surface area contributed by atoms with Gasteiger partial charge in [0.1, 0.15) is 30.5 Å². The van der Waals surface area contributed by atoms with E-state index in [-0.39, 0.29) is 11.7 Å². The number of hydrogen-bond donors (Lipinski definition) is 3. The van der Waals surface area contributed by atoms with Crippen LogP contribution < -0.4 is 30.4 Å². The predicted octanol–water partition coefficient (Wildman–Crippen LogP) is 4.38. The lowest BCUT2D eigenvalue weighted by Gasteiger charge is -2.12. The molecule has 3 aromatic carbocycles. The van der Waals surface area contributed by atoms with Crippen molar-refractivity contribution in [2.75, 3.05) is 19.8 Å². The minimum absolute atomic E-state index is 0.0634. The highest BCUT2D eigenvalue weighted by Crippen LogP contribution is 2.28. The molecular weight excluding hydrogens is 602 g/mol. The van der Waals surface area contributed by atoms with E-state index in [1.807, 2.05) is 30.3 Å². The lowest BCUT2D eigenvalue weighted by molar-refractivity contribution is -0.123. The molecule has 0 atom stereocenters. The van der Waals surface area contributed by atoms with Crippen LogP contribution in [0.5, 0.6) is 17.2 Å². The normalized spacial score (nSPS) is 10.1. The summed E-state index contributed by atoms with van der Waals surface area (Å²) in [5, 5.41) is 2.42. The van der Waals surface area contributed by atoms with E-state index in [9.17, 15) is 9.59 Å². The smallest absolute Gasteiger partial charge is 0.276 e. The largest absolute Gasteiger partial charge is 0.490 e. The maximum absolute atomic E-state index is 12.4. The van der Waals surface area contributed by atoms with E-state index >= 15 is 0 Å². The molecule has 0 saturated heterocycles. The van der Waals surface area contributed by atoms with Crippen LogP contribution in [0.25, 0.3) is 0 Å². The van der Waals surface area contributed by atoms with E-state index in [0.717, 1.165) is 10.2 Å². The molecule has 182 valence electrons. The average Bonchev–Trinajstić information content (AvgIpc) is 2.86. The summed E-state index contributed by atoms with van der Waals surface area (Å²) in [5.74, 6) is 0.966. The van der Waals surface area contributed by atoms with Crippen molar-refractivity contribution in [3.8, 4) is 17.2 Å². The molecule has 0 heterocycles. The van der Waals surface area contributed by atoms with Gasteiger partial charge in [0.05, 0.1) is 4.47 Å². The Morgan fingerprint density at radius 3 is 2.11 bits per heavy atom. The standard InChI is InChI=1S/C24H21Br2N3O5S/c25-17-8-11-21(20(26)14-17)34-15-22(30)28-29-24(35)27-23(31)16-6-9-19(10-7-16)33-13-12-32-18-4-2-1-3-5-18/h1-11,14H,12-13,15H2,(H,28,30)(H2,27,29,31,35). The molecule has 0 bridgehead atoms. The second-order valence-electron chi connectivity index (χ2n) is 6.85. The quantitative estimate of drug-likeness (QED) is 0.185. The zero-order chi connectivity index (χ0) is 25.0. The van der Waals surface area contributed by atoms with Gasteiger partial charge in [-0.2, -0.15) is 0 Å². The Kier molecular flexibility index (Phi) is 10.3. The molecule has 11 heteroatoms. The summed E-state index contributed by atoms with van der Waals surface area (Å²) in [7, 11) is 0. The topological polar surface area (TPSA) is 97.9 Å². The second-order valence-corrected chi connectivity index (χ2v) is 9.03. The molecule has 0 aliphatic rings. The molecule has 3 rings (SSSR count). The Labute approximate surface area is 224 Å². The molecule has 0 aliphatic heterocycles. The van der Waals surface area contributed by atoms with Gasteiger partial charge in [-0.15, -0.1) is 0 Å². The summed E-state index contributed by atoms with van der Waals surface area (Å²) in [5.41, 5.74) is 5.20. The van der Waals surface area contributed by atoms with Crippen molar-refractivity contribution in [2.24, 2.45) is 0 Å². The number of nitrogens with one attached hydrogen (secondary N) is 3. The number of ether oxygens (including phenoxy) is 3. The van der Waals surface area contributed by atoms with Crippen LogP contribution in [0.4, 0.5) is 0 Å². The van der Waals surface area contributed by atoms with Gasteiger partial charge in [0.25, 0.3) is 11.8 Å². The van der Waals surface area contributed by atoms with Crippen molar-refractivity contribution in [3.05, 3.63) is 87.3 Å². The fourth-order valence-corrected chi connectivity index (χ4v) is 3.95. The first-order valence-corrected chi connectivity index (χ1v) is 12.3. The van der Waals surface area contributed by atoms with Crippen molar-refractivity contribution < 1.29 is 23.8 Å². The van der Waals surface area contributed by atoms with Crippen LogP contribution in [0.1, 0.15) is 10.4 Å². The molecule has 0 aromatic heterocycles.